The van der Waals surface area contributed by atoms with Gasteiger partial charge in [0, 0.05) is 44.1 Å². The number of amides is 1. The summed E-state index contributed by atoms with van der Waals surface area (Å²) in [5.74, 6) is 2.02. The minimum Gasteiger partial charge on any atom is -0.490 e. The lowest BCUT2D eigenvalue weighted by molar-refractivity contribution is -0.127. The summed E-state index contributed by atoms with van der Waals surface area (Å²) in [5, 5.41) is 3.53. The van der Waals surface area contributed by atoms with Gasteiger partial charge in [0.15, 0.2) is 11.5 Å². The summed E-state index contributed by atoms with van der Waals surface area (Å²) in [6, 6.07) is 6.41. The van der Waals surface area contributed by atoms with Crippen LogP contribution < -0.4 is 14.8 Å². The molecule has 2 aliphatic rings. The normalized spacial score (nSPS) is 18.8. The van der Waals surface area contributed by atoms with Crippen LogP contribution in [0.3, 0.4) is 0 Å². The highest BCUT2D eigenvalue weighted by Gasteiger charge is 2.20. The Balaban J connectivity index is 1.51. The molecule has 0 aliphatic carbocycles. The second-order valence-electron chi connectivity index (χ2n) is 6.35. The topological polar surface area (TPSA) is 50.8 Å². The van der Waals surface area contributed by atoms with Gasteiger partial charge < -0.3 is 19.7 Å². The Morgan fingerprint density at radius 1 is 1.26 bits per heavy atom. The SMILES string of the molecule is C[C@@H](CCN1CCCC1=O)NCc1cccc2c1OCCCO2. The maximum Gasteiger partial charge on any atom is 0.222 e. The monoisotopic (exact) mass is 318 g/mol. The van der Waals surface area contributed by atoms with Crippen molar-refractivity contribution >= 4 is 5.91 Å². The smallest absolute Gasteiger partial charge is 0.222 e. The Kier molecular flexibility index (Phi) is 5.39. The number of hydrogen-bond donors (Lipinski definition) is 1. The molecule has 0 radical (unpaired) electrons. The fourth-order valence-corrected chi connectivity index (χ4v) is 3.07. The summed E-state index contributed by atoms with van der Waals surface area (Å²) in [4.78, 5) is 13.6. The molecule has 1 aromatic rings. The summed E-state index contributed by atoms with van der Waals surface area (Å²) >= 11 is 0. The zero-order chi connectivity index (χ0) is 16.1. The molecule has 0 unspecified atom stereocenters. The molecule has 1 aromatic carbocycles. The highest BCUT2D eigenvalue weighted by atomic mass is 16.5. The predicted molar refractivity (Wildman–Crippen MR) is 88.8 cm³/mol. The number of likely N-dealkylation sites (tertiary alicyclic amines) is 1. The Bertz CT molecular complexity index is 547. The van der Waals surface area contributed by atoms with Crippen LogP contribution in [0.4, 0.5) is 0 Å². The van der Waals surface area contributed by atoms with Gasteiger partial charge in [-0.1, -0.05) is 12.1 Å². The minimum atomic E-state index is 0.302. The first-order valence-corrected chi connectivity index (χ1v) is 8.62. The average molecular weight is 318 g/mol. The van der Waals surface area contributed by atoms with E-state index in [-0.39, 0.29) is 0 Å². The Hall–Kier alpha value is -1.75. The number of carbonyl (C=O) groups is 1. The van der Waals surface area contributed by atoms with Gasteiger partial charge in [0.2, 0.25) is 5.91 Å². The van der Waals surface area contributed by atoms with Gasteiger partial charge in [0.25, 0.3) is 0 Å². The van der Waals surface area contributed by atoms with Gasteiger partial charge in [-0.05, 0) is 25.8 Å². The van der Waals surface area contributed by atoms with Gasteiger partial charge in [-0.15, -0.1) is 0 Å². The van der Waals surface area contributed by atoms with Crippen LogP contribution in [0, 0.1) is 0 Å². The van der Waals surface area contributed by atoms with Gasteiger partial charge >= 0.3 is 0 Å². The van der Waals surface area contributed by atoms with E-state index in [0.29, 0.717) is 25.2 Å². The molecule has 3 rings (SSSR count). The van der Waals surface area contributed by atoms with Crippen molar-refractivity contribution in [2.45, 2.75) is 45.2 Å². The van der Waals surface area contributed by atoms with Crippen molar-refractivity contribution in [1.29, 1.82) is 0 Å². The van der Waals surface area contributed by atoms with Crippen LogP contribution in [0.25, 0.3) is 0 Å². The van der Waals surface area contributed by atoms with Crippen molar-refractivity contribution in [1.82, 2.24) is 10.2 Å². The number of carbonyl (C=O) groups excluding carboxylic acids is 1. The van der Waals surface area contributed by atoms with Gasteiger partial charge in [0.05, 0.1) is 13.2 Å². The molecule has 126 valence electrons. The Morgan fingerprint density at radius 3 is 2.96 bits per heavy atom. The van der Waals surface area contributed by atoms with Crippen LogP contribution >= 0.6 is 0 Å². The third kappa shape index (κ3) is 4.16. The fourth-order valence-electron chi connectivity index (χ4n) is 3.07. The highest BCUT2D eigenvalue weighted by molar-refractivity contribution is 5.78. The standard InChI is InChI=1S/C18H26N2O3/c1-14(8-10-20-9-3-7-17(20)21)19-13-15-5-2-6-16-18(15)23-12-4-11-22-16/h2,5-6,14,19H,3-4,7-13H2,1H3/t14-/m0/s1. The second kappa shape index (κ2) is 7.68. The van der Waals surface area contributed by atoms with Crippen LogP contribution in [-0.2, 0) is 11.3 Å². The van der Waals surface area contributed by atoms with E-state index < -0.39 is 0 Å². The molecule has 5 nitrogen and oxygen atoms in total. The molecule has 23 heavy (non-hydrogen) atoms. The molecule has 0 aromatic heterocycles. The molecule has 1 fully saturated rings. The maximum atomic E-state index is 11.6. The first-order chi connectivity index (χ1) is 11.2. The first-order valence-electron chi connectivity index (χ1n) is 8.62. The number of hydrogen-bond acceptors (Lipinski definition) is 4. The number of fused-ring (bicyclic) bond motifs is 1. The van der Waals surface area contributed by atoms with Gasteiger partial charge in [-0.3, -0.25) is 4.79 Å². The molecule has 2 heterocycles. The van der Waals surface area contributed by atoms with Crippen LogP contribution in [0.2, 0.25) is 0 Å². The van der Waals surface area contributed by atoms with Crippen LogP contribution in [0.5, 0.6) is 11.5 Å². The molecule has 0 saturated carbocycles. The number of para-hydroxylation sites is 1. The lowest BCUT2D eigenvalue weighted by atomic mass is 10.1. The van der Waals surface area contributed by atoms with Crippen molar-refractivity contribution in [3.05, 3.63) is 23.8 Å². The van der Waals surface area contributed by atoms with E-state index in [1.165, 1.54) is 0 Å². The maximum absolute atomic E-state index is 11.6. The molecule has 0 spiro atoms. The van der Waals surface area contributed by atoms with Gasteiger partial charge in [-0.25, -0.2) is 0 Å². The number of nitrogens with one attached hydrogen (secondary N) is 1. The largest absolute Gasteiger partial charge is 0.490 e. The highest BCUT2D eigenvalue weighted by Crippen LogP contribution is 2.33. The van der Waals surface area contributed by atoms with Crippen LogP contribution in [-0.4, -0.2) is 43.2 Å². The van der Waals surface area contributed by atoms with Crippen molar-refractivity contribution in [3.63, 3.8) is 0 Å². The molecule has 1 atom stereocenters. The quantitative estimate of drug-likeness (QED) is 0.875. The first kappa shape index (κ1) is 16.1. The second-order valence-corrected chi connectivity index (χ2v) is 6.35. The molecule has 5 heteroatoms. The average Bonchev–Trinajstić information content (AvgIpc) is 2.82. The Morgan fingerprint density at radius 2 is 2.13 bits per heavy atom. The third-order valence-electron chi connectivity index (χ3n) is 4.50. The van der Waals surface area contributed by atoms with Crippen molar-refractivity contribution < 1.29 is 14.3 Å². The van der Waals surface area contributed by atoms with Gasteiger partial charge in [0.1, 0.15) is 0 Å². The van der Waals surface area contributed by atoms with E-state index >= 15 is 0 Å². The van der Waals surface area contributed by atoms with Crippen LogP contribution in [0.15, 0.2) is 18.2 Å². The zero-order valence-electron chi connectivity index (χ0n) is 13.8. The fraction of sp³-hybridized carbons (Fsp3) is 0.611. The number of ether oxygens (including phenoxy) is 2. The lowest BCUT2D eigenvalue weighted by Gasteiger charge is -2.20. The van der Waals surface area contributed by atoms with E-state index in [0.717, 1.165) is 62.4 Å². The summed E-state index contributed by atoms with van der Waals surface area (Å²) in [7, 11) is 0. The molecule has 0 bridgehead atoms. The van der Waals surface area contributed by atoms with Crippen LogP contribution in [0.1, 0.15) is 38.2 Å². The van der Waals surface area contributed by atoms with Crippen molar-refractivity contribution in [2.24, 2.45) is 0 Å². The van der Waals surface area contributed by atoms with Gasteiger partial charge in [-0.2, -0.15) is 0 Å². The van der Waals surface area contributed by atoms with Crippen molar-refractivity contribution in [2.75, 3.05) is 26.3 Å². The zero-order valence-corrected chi connectivity index (χ0v) is 13.8. The molecule has 1 N–H and O–H groups in total. The summed E-state index contributed by atoms with van der Waals surface area (Å²) < 4.78 is 11.6. The summed E-state index contributed by atoms with van der Waals surface area (Å²) in [6.07, 6.45) is 3.61. The number of rotatable bonds is 6. The Labute approximate surface area is 137 Å². The summed E-state index contributed by atoms with van der Waals surface area (Å²) in [5.41, 5.74) is 1.13. The summed E-state index contributed by atoms with van der Waals surface area (Å²) in [6.45, 7) is 6.10. The lowest BCUT2D eigenvalue weighted by Crippen LogP contribution is -2.33. The van der Waals surface area contributed by atoms with E-state index in [2.05, 4.69) is 18.3 Å². The molecular weight excluding hydrogens is 292 g/mol. The van der Waals surface area contributed by atoms with E-state index in [1.807, 2.05) is 17.0 Å². The third-order valence-corrected chi connectivity index (χ3v) is 4.50. The molecule has 1 saturated heterocycles. The predicted octanol–water partition coefficient (Wildman–Crippen LogP) is 2.34. The van der Waals surface area contributed by atoms with E-state index in [4.69, 9.17) is 9.47 Å². The number of benzene rings is 1. The van der Waals surface area contributed by atoms with E-state index in [9.17, 15) is 4.79 Å². The molecular formula is C18H26N2O3. The molecule has 2 aliphatic heterocycles. The van der Waals surface area contributed by atoms with Crippen molar-refractivity contribution in [3.8, 4) is 11.5 Å². The minimum absolute atomic E-state index is 0.302. The number of nitrogens with zero attached hydrogens (tertiary/aromatic N) is 1. The van der Waals surface area contributed by atoms with E-state index in [1.54, 1.807) is 0 Å². The molecule has 1 amide bonds.